The van der Waals surface area contributed by atoms with Crippen LogP contribution in [0.2, 0.25) is 5.02 Å². The molecule has 0 N–H and O–H groups in total. The topological polar surface area (TPSA) is 78.8 Å². The van der Waals surface area contributed by atoms with E-state index in [4.69, 9.17) is 11.6 Å². The van der Waals surface area contributed by atoms with Gasteiger partial charge < -0.3 is 9.47 Å². The minimum Gasteiger partial charge on any atom is -0.341 e. The monoisotopic (exact) mass is 493 g/mol. The summed E-state index contributed by atoms with van der Waals surface area (Å²) in [5, 5.41) is 0.820. The maximum absolute atomic E-state index is 13.2. The quantitative estimate of drug-likeness (QED) is 0.639. The van der Waals surface area contributed by atoms with Gasteiger partial charge in [0.25, 0.3) is 10.0 Å². The summed E-state index contributed by atoms with van der Waals surface area (Å²) in [6.45, 7) is 6.58. The van der Waals surface area contributed by atoms with Crippen molar-refractivity contribution in [1.82, 2.24) is 23.7 Å². The standard InChI is InChI=1S/C23H32ClN5O3S/c1-18-25-22(17-26(18)2)33(31,32)29-12-8-20(9-13-29)23(30)28-11-3-10-27(14-15-28)16-19-4-6-21(24)7-5-19/h4-7,17,20H,3,8-16H2,1-2H3. The molecule has 1 aromatic heterocycles. The van der Waals surface area contributed by atoms with Crippen LogP contribution >= 0.6 is 11.6 Å². The summed E-state index contributed by atoms with van der Waals surface area (Å²) < 4.78 is 29.0. The molecule has 2 saturated heterocycles. The number of amides is 1. The molecule has 0 saturated carbocycles. The molecular formula is C23H32ClN5O3S. The van der Waals surface area contributed by atoms with Gasteiger partial charge in [-0.3, -0.25) is 9.69 Å². The minimum atomic E-state index is -3.62. The molecule has 2 aliphatic rings. The van der Waals surface area contributed by atoms with E-state index in [2.05, 4.69) is 9.88 Å². The third-order valence-corrected chi connectivity index (χ3v) is 8.74. The van der Waals surface area contributed by atoms with Gasteiger partial charge in [0, 0.05) is 70.0 Å². The van der Waals surface area contributed by atoms with Gasteiger partial charge in [0.2, 0.25) is 5.91 Å². The van der Waals surface area contributed by atoms with E-state index in [1.165, 1.54) is 9.87 Å². The van der Waals surface area contributed by atoms with Crippen molar-refractivity contribution < 1.29 is 13.2 Å². The van der Waals surface area contributed by atoms with Crippen molar-refractivity contribution >= 4 is 27.5 Å². The summed E-state index contributed by atoms with van der Waals surface area (Å²) in [6, 6.07) is 7.91. The Kier molecular flexibility index (Phi) is 7.43. The molecule has 0 unspecified atom stereocenters. The summed E-state index contributed by atoms with van der Waals surface area (Å²) in [6.07, 6.45) is 3.59. The molecule has 2 aromatic rings. The molecule has 0 atom stereocenters. The number of carbonyl (C=O) groups excluding carboxylic acids is 1. The Morgan fingerprint density at radius 2 is 1.76 bits per heavy atom. The fraction of sp³-hybridized carbons (Fsp3) is 0.565. The van der Waals surface area contributed by atoms with E-state index in [0.29, 0.717) is 38.3 Å². The molecule has 1 amide bonds. The minimum absolute atomic E-state index is 0.0839. The van der Waals surface area contributed by atoms with E-state index in [1.807, 2.05) is 29.2 Å². The first-order valence-corrected chi connectivity index (χ1v) is 13.3. The fourth-order valence-electron chi connectivity index (χ4n) is 4.58. The van der Waals surface area contributed by atoms with Gasteiger partial charge in [0.15, 0.2) is 5.03 Å². The lowest BCUT2D eigenvalue weighted by atomic mass is 9.96. The predicted molar refractivity (Wildman–Crippen MR) is 127 cm³/mol. The predicted octanol–water partition coefficient (Wildman–Crippen LogP) is 2.52. The Labute approximate surface area is 201 Å². The maximum Gasteiger partial charge on any atom is 0.262 e. The van der Waals surface area contributed by atoms with E-state index in [0.717, 1.165) is 37.6 Å². The maximum atomic E-state index is 13.2. The Bertz CT molecular complexity index is 1060. The van der Waals surface area contributed by atoms with Crippen LogP contribution in [0, 0.1) is 12.8 Å². The van der Waals surface area contributed by atoms with Crippen LogP contribution < -0.4 is 0 Å². The lowest BCUT2D eigenvalue weighted by molar-refractivity contribution is -0.136. The number of sulfonamides is 1. The highest BCUT2D eigenvalue weighted by Gasteiger charge is 2.35. The van der Waals surface area contributed by atoms with Gasteiger partial charge in [-0.2, -0.15) is 4.31 Å². The average molecular weight is 494 g/mol. The van der Waals surface area contributed by atoms with Crippen LogP contribution in [0.5, 0.6) is 0 Å². The van der Waals surface area contributed by atoms with Gasteiger partial charge in [-0.25, -0.2) is 13.4 Å². The summed E-state index contributed by atoms with van der Waals surface area (Å²) in [5.74, 6) is 0.698. The molecule has 0 radical (unpaired) electrons. The summed E-state index contributed by atoms with van der Waals surface area (Å²) in [4.78, 5) is 21.7. The second-order valence-electron chi connectivity index (χ2n) is 9.00. The lowest BCUT2D eigenvalue weighted by Gasteiger charge is -2.33. The summed E-state index contributed by atoms with van der Waals surface area (Å²) >= 11 is 5.98. The van der Waals surface area contributed by atoms with Gasteiger partial charge in [-0.1, -0.05) is 23.7 Å². The number of carbonyl (C=O) groups is 1. The Balaban J connectivity index is 1.30. The van der Waals surface area contributed by atoms with E-state index in [1.54, 1.807) is 24.7 Å². The first-order valence-electron chi connectivity index (χ1n) is 11.5. The molecule has 3 heterocycles. The van der Waals surface area contributed by atoms with Crippen molar-refractivity contribution in [2.75, 3.05) is 39.3 Å². The molecule has 2 fully saturated rings. The van der Waals surface area contributed by atoms with Crippen molar-refractivity contribution in [3.05, 3.63) is 46.9 Å². The average Bonchev–Trinajstić information content (AvgIpc) is 3.00. The van der Waals surface area contributed by atoms with Crippen LogP contribution in [0.1, 0.15) is 30.7 Å². The zero-order valence-electron chi connectivity index (χ0n) is 19.3. The Morgan fingerprint density at radius 1 is 1.06 bits per heavy atom. The molecule has 33 heavy (non-hydrogen) atoms. The summed E-state index contributed by atoms with van der Waals surface area (Å²) in [7, 11) is -1.84. The first-order chi connectivity index (χ1) is 15.7. The molecule has 180 valence electrons. The number of rotatable bonds is 5. The van der Waals surface area contributed by atoms with Gasteiger partial charge in [0.05, 0.1) is 0 Å². The smallest absolute Gasteiger partial charge is 0.262 e. The lowest BCUT2D eigenvalue weighted by Crippen LogP contribution is -2.45. The third kappa shape index (κ3) is 5.59. The van der Waals surface area contributed by atoms with E-state index in [-0.39, 0.29) is 16.9 Å². The molecule has 8 nitrogen and oxygen atoms in total. The van der Waals surface area contributed by atoms with Crippen LogP contribution in [-0.4, -0.2) is 77.2 Å². The zero-order valence-corrected chi connectivity index (χ0v) is 20.9. The zero-order chi connectivity index (χ0) is 23.6. The molecular weight excluding hydrogens is 462 g/mol. The largest absolute Gasteiger partial charge is 0.341 e. The van der Waals surface area contributed by atoms with Crippen LogP contribution in [0.3, 0.4) is 0 Å². The number of nitrogens with zero attached hydrogens (tertiary/aromatic N) is 5. The number of hydrogen-bond donors (Lipinski definition) is 0. The number of hydrogen-bond acceptors (Lipinski definition) is 5. The normalized spacial score (nSPS) is 19.5. The highest BCUT2D eigenvalue weighted by atomic mass is 35.5. The van der Waals surface area contributed by atoms with Crippen molar-refractivity contribution in [1.29, 1.82) is 0 Å². The van der Waals surface area contributed by atoms with Crippen molar-refractivity contribution in [3.63, 3.8) is 0 Å². The number of imidazole rings is 1. The number of aromatic nitrogens is 2. The van der Waals surface area contributed by atoms with Crippen LogP contribution in [0.25, 0.3) is 0 Å². The van der Waals surface area contributed by atoms with Crippen LogP contribution in [-0.2, 0) is 28.4 Å². The summed E-state index contributed by atoms with van der Waals surface area (Å²) in [5.41, 5.74) is 1.22. The van der Waals surface area contributed by atoms with Crippen LogP contribution in [0.15, 0.2) is 35.5 Å². The molecule has 10 heteroatoms. The molecule has 2 aliphatic heterocycles. The number of aryl methyl sites for hydroxylation is 2. The number of benzene rings is 1. The van der Waals surface area contributed by atoms with Crippen molar-refractivity contribution in [2.24, 2.45) is 13.0 Å². The molecule has 1 aromatic carbocycles. The van der Waals surface area contributed by atoms with E-state index < -0.39 is 10.0 Å². The van der Waals surface area contributed by atoms with E-state index >= 15 is 0 Å². The second kappa shape index (κ2) is 10.1. The highest BCUT2D eigenvalue weighted by molar-refractivity contribution is 7.89. The van der Waals surface area contributed by atoms with Crippen LogP contribution in [0.4, 0.5) is 0 Å². The van der Waals surface area contributed by atoms with Gasteiger partial charge >= 0.3 is 0 Å². The van der Waals surface area contributed by atoms with Crippen molar-refractivity contribution in [2.45, 2.75) is 37.8 Å². The van der Waals surface area contributed by atoms with E-state index in [9.17, 15) is 13.2 Å². The second-order valence-corrected chi connectivity index (χ2v) is 11.3. The third-order valence-electron chi connectivity index (χ3n) is 6.71. The Hall–Kier alpha value is -1.94. The molecule has 0 aliphatic carbocycles. The van der Waals surface area contributed by atoms with Gasteiger partial charge in [0.1, 0.15) is 5.82 Å². The van der Waals surface area contributed by atoms with Crippen molar-refractivity contribution in [3.8, 4) is 0 Å². The SMILES string of the molecule is Cc1nc(S(=O)(=O)N2CCC(C(=O)N3CCCN(Cc4ccc(Cl)cc4)CC3)CC2)cn1C. The molecule has 0 spiro atoms. The first kappa shape index (κ1) is 24.2. The van der Waals surface area contributed by atoms with Gasteiger partial charge in [-0.05, 0) is 43.9 Å². The Morgan fingerprint density at radius 3 is 2.39 bits per heavy atom. The highest BCUT2D eigenvalue weighted by Crippen LogP contribution is 2.25. The number of piperidine rings is 1. The van der Waals surface area contributed by atoms with Gasteiger partial charge in [-0.15, -0.1) is 0 Å². The number of halogens is 1. The molecule has 0 bridgehead atoms. The molecule has 4 rings (SSSR count). The fourth-order valence-corrected chi connectivity index (χ4v) is 6.20.